The van der Waals surface area contributed by atoms with Crippen LogP contribution in [0.4, 0.5) is 0 Å². The molecule has 2 aromatic heterocycles. The summed E-state index contributed by atoms with van der Waals surface area (Å²) in [5, 5.41) is 0. The highest BCUT2D eigenvalue weighted by Gasteiger charge is 2.06. The molecule has 0 fully saturated rings. The van der Waals surface area contributed by atoms with Gasteiger partial charge < -0.3 is 0 Å². The van der Waals surface area contributed by atoms with Gasteiger partial charge >= 0.3 is 5.69 Å². The van der Waals surface area contributed by atoms with E-state index in [4.69, 9.17) is 12.2 Å². The zero-order valence-corrected chi connectivity index (χ0v) is 9.91. The Morgan fingerprint density at radius 2 is 2.35 bits per heavy atom. The molecule has 0 unspecified atom stereocenters. The summed E-state index contributed by atoms with van der Waals surface area (Å²) in [5.41, 5.74) is 1.16. The zero-order chi connectivity index (χ0) is 12.3. The summed E-state index contributed by atoms with van der Waals surface area (Å²) in [6, 6.07) is 7.25. The maximum Gasteiger partial charge on any atom is 0.327 e. The molecule has 0 aliphatic rings. The number of rotatable bonds is 3. The fourth-order valence-electron chi connectivity index (χ4n) is 1.56. The number of aromatic amines is 1. The fraction of sp³-hybridized carbons (Fsp3) is 0.0833. The van der Waals surface area contributed by atoms with Gasteiger partial charge in [-0.3, -0.25) is 14.5 Å². The lowest BCUT2D eigenvalue weighted by atomic mass is 10.2. The lowest BCUT2D eigenvalue weighted by Crippen LogP contribution is -2.24. The number of aromatic nitrogens is 3. The van der Waals surface area contributed by atoms with Crippen molar-refractivity contribution < 1.29 is 0 Å². The molecule has 0 spiro atoms. The minimum absolute atomic E-state index is 0.252. The number of hydrogen-bond acceptors (Lipinski definition) is 3. The summed E-state index contributed by atoms with van der Waals surface area (Å²) in [5.74, 6) is 0. The van der Waals surface area contributed by atoms with Crippen LogP contribution in [0, 0.1) is 4.64 Å². The highest BCUT2D eigenvalue weighted by atomic mass is 32.1. The van der Waals surface area contributed by atoms with Gasteiger partial charge in [-0.15, -0.1) is 6.58 Å². The largest absolute Gasteiger partial charge is 0.327 e. The summed E-state index contributed by atoms with van der Waals surface area (Å²) < 4.78 is 1.95. The Balaban J connectivity index is 2.71. The molecule has 0 aliphatic heterocycles. The van der Waals surface area contributed by atoms with Crippen LogP contribution in [-0.2, 0) is 6.54 Å². The first-order valence-electron chi connectivity index (χ1n) is 5.09. The van der Waals surface area contributed by atoms with Gasteiger partial charge in [-0.1, -0.05) is 24.4 Å². The van der Waals surface area contributed by atoms with E-state index in [0.717, 1.165) is 0 Å². The molecule has 0 atom stereocenters. The molecule has 86 valence electrons. The third-order valence-electron chi connectivity index (χ3n) is 2.27. The molecule has 0 radical (unpaired) electrons. The molecule has 0 saturated carbocycles. The van der Waals surface area contributed by atoms with Crippen LogP contribution in [-0.4, -0.2) is 14.5 Å². The first-order chi connectivity index (χ1) is 8.22. The van der Waals surface area contributed by atoms with Crippen molar-refractivity contribution in [3.05, 3.63) is 58.2 Å². The van der Waals surface area contributed by atoms with E-state index >= 15 is 0 Å². The molecule has 4 nitrogen and oxygen atoms in total. The van der Waals surface area contributed by atoms with Crippen LogP contribution in [0.25, 0.3) is 11.4 Å². The lowest BCUT2D eigenvalue weighted by molar-refractivity contribution is 0.748. The van der Waals surface area contributed by atoms with Gasteiger partial charge in [0.1, 0.15) is 4.64 Å². The minimum Gasteiger partial charge on any atom is -0.298 e. The van der Waals surface area contributed by atoms with Crippen molar-refractivity contribution in [2.75, 3.05) is 0 Å². The number of nitrogens with one attached hydrogen (secondary N) is 1. The second-order valence-corrected chi connectivity index (χ2v) is 3.88. The lowest BCUT2D eigenvalue weighted by Gasteiger charge is -2.09. The average molecular weight is 245 g/mol. The maximum atomic E-state index is 11.8. The molecule has 2 aromatic rings. The van der Waals surface area contributed by atoms with Gasteiger partial charge in [-0.05, 0) is 18.2 Å². The van der Waals surface area contributed by atoms with E-state index in [9.17, 15) is 4.79 Å². The second-order valence-electron chi connectivity index (χ2n) is 3.44. The van der Waals surface area contributed by atoms with Gasteiger partial charge in [-0.2, -0.15) is 0 Å². The van der Waals surface area contributed by atoms with E-state index in [1.165, 1.54) is 0 Å². The molecule has 0 amide bonds. The molecular weight excluding hydrogens is 234 g/mol. The summed E-state index contributed by atoms with van der Waals surface area (Å²) in [6.45, 7) is 4.05. The topological polar surface area (TPSA) is 50.7 Å². The van der Waals surface area contributed by atoms with E-state index in [2.05, 4.69) is 16.5 Å². The quantitative estimate of drug-likeness (QED) is 0.666. The van der Waals surface area contributed by atoms with Gasteiger partial charge in [0.25, 0.3) is 0 Å². The number of H-pyrrole nitrogens is 1. The molecule has 5 heteroatoms. The predicted octanol–water partition coefficient (Wildman–Crippen LogP) is 2.15. The Morgan fingerprint density at radius 1 is 1.53 bits per heavy atom. The summed E-state index contributed by atoms with van der Waals surface area (Å²) in [7, 11) is 0. The molecular formula is C12H11N3OS. The van der Waals surface area contributed by atoms with Crippen LogP contribution < -0.4 is 5.69 Å². The standard InChI is InChI=1S/C12H11N3OS/c1-2-7-15-10(8-11(17)14-12(15)16)9-5-3-4-6-13-9/h2-6,8H,1,7H2,(H,14,16,17). The fourth-order valence-corrected chi connectivity index (χ4v) is 1.76. The van der Waals surface area contributed by atoms with Crippen LogP contribution in [0.1, 0.15) is 0 Å². The van der Waals surface area contributed by atoms with E-state index in [1.54, 1.807) is 22.9 Å². The Kier molecular flexibility index (Phi) is 3.30. The summed E-state index contributed by atoms with van der Waals surface area (Å²) >= 11 is 5.01. The van der Waals surface area contributed by atoms with E-state index < -0.39 is 0 Å². The van der Waals surface area contributed by atoms with Crippen molar-refractivity contribution in [1.82, 2.24) is 14.5 Å². The zero-order valence-electron chi connectivity index (χ0n) is 9.09. The van der Waals surface area contributed by atoms with Gasteiger partial charge in [0.05, 0.1) is 11.4 Å². The normalized spacial score (nSPS) is 10.1. The van der Waals surface area contributed by atoms with E-state index in [-0.39, 0.29) is 5.69 Å². The van der Waals surface area contributed by atoms with Gasteiger partial charge in [-0.25, -0.2) is 4.79 Å². The third kappa shape index (κ3) is 2.39. The third-order valence-corrected chi connectivity index (χ3v) is 2.49. The maximum absolute atomic E-state index is 11.8. The average Bonchev–Trinajstić information content (AvgIpc) is 2.33. The molecule has 0 aromatic carbocycles. The summed E-state index contributed by atoms with van der Waals surface area (Å²) in [6.07, 6.45) is 3.34. The van der Waals surface area contributed by atoms with Crippen LogP contribution in [0.15, 0.2) is 47.9 Å². The molecule has 0 saturated heterocycles. The number of nitrogens with zero attached hydrogens (tertiary/aromatic N) is 2. The molecule has 2 heterocycles. The molecule has 0 aliphatic carbocycles. The number of hydrogen-bond donors (Lipinski definition) is 1. The van der Waals surface area contributed by atoms with Crippen molar-refractivity contribution in [2.45, 2.75) is 6.54 Å². The van der Waals surface area contributed by atoms with Crippen molar-refractivity contribution in [3.63, 3.8) is 0 Å². The monoisotopic (exact) mass is 245 g/mol. The molecule has 17 heavy (non-hydrogen) atoms. The first kappa shape index (κ1) is 11.5. The van der Waals surface area contributed by atoms with Gasteiger partial charge in [0.15, 0.2) is 0 Å². The van der Waals surface area contributed by atoms with Crippen molar-refractivity contribution >= 4 is 12.2 Å². The van der Waals surface area contributed by atoms with Crippen molar-refractivity contribution in [1.29, 1.82) is 0 Å². The highest BCUT2D eigenvalue weighted by Crippen LogP contribution is 2.14. The predicted molar refractivity (Wildman–Crippen MR) is 69.3 cm³/mol. The van der Waals surface area contributed by atoms with E-state index in [0.29, 0.717) is 22.6 Å². The second kappa shape index (κ2) is 4.88. The molecule has 1 N–H and O–H groups in total. The Morgan fingerprint density at radius 3 is 3.00 bits per heavy atom. The van der Waals surface area contributed by atoms with Crippen LogP contribution in [0.2, 0.25) is 0 Å². The Bertz CT molecular complexity index is 643. The SMILES string of the molecule is C=CCn1c(-c2ccccn2)cc(=S)[nH]c1=O. The van der Waals surface area contributed by atoms with Crippen molar-refractivity contribution in [3.8, 4) is 11.4 Å². The number of pyridine rings is 1. The van der Waals surface area contributed by atoms with Crippen LogP contribution in [0.5, 0.6) is 0 Å². The molecule has 0 bridgehead atoms. The Labute approximate surface area is 103 Å². The van der Waals surface area contributed by atoms with Crippen molar-refractivity contribution in [2.24, 2.45) is 0 Å². The van der Waals surface area contributed by atoms with Gasteiger partial charge in [0.2, 0.25) is 0 Å². The van der Waals surface area contributed by atoms with Gasteiger partial charge in [0, 0.05) is 12.7 Å². The first-order valence-corrected chi connectivity index (χ1v) is 5.49. The van der Waals surface area contributed by atoms with Crippen LogP contribution >= 0.6 is 12.2 Å². The smallest absolute Gasteiger partial charge is 0.298 e. The number of allylic oxidation sites excluding steroid dienone is 1. The molecule has 2 rings (SSSR count). The summed E-state index contributed by atoms with van der Waals surface area (Å²) in [4.78, 5) is 18.6. The van der Waals surface area contributed by atoms with Crippen LogP contribution in [0.3, 0.4) is 0 Å². The minimum atomic E-state index is -0.252. The Hall–Kier alpha value is -2.01. The highest BCUT2D eigenvalue weighted by molar-refractivity contribution is 7.71. The van der Waals surface area contributed by atoms with E-state index in [1.807, 2.05) is 18.2 Å².